The predicted molar refractivity (Wildman–Crippen MR) is 82.2 cm³/mol. The molecule has 1 atom stereocenters. The van der Waals surface area contributed by atoms with Gasteiger partial charge in [-0.05, 0) is 37.5 Å². The summed E-state index contributed by atoms with van der Waals surface area (Å²) in [6.07, 6.45) is 2.21. The van der Waals surface area contributed by atoms with Crippen LogP contribution in [-0.2, 0) is 4.79 Å². The lowest BCUT2D eigenvalue weighted by molar-refractivity contribution is -0.128. The van der Waals surface area contributed by atoms with Crippen molar-refractivity contribution in [3.8, 4) is 11.8 Å². The summed E-state index contributed by atoms with van der Waals surface area (Å²) in [6, 6.07) is 9.69. The number of carbonyl (C=O) groups is 1. The van der Waals surface area contributed by atoms with Crippen molar-refractivity contribution in [2.75, 3.05) is 13.2 Å². The maximum Gasteiger partial charge on any atom is 0.240 e. The molecule has 0 saturated heterocycles. The van der Waals surface area contributed by atoms with Crippen molar-refractivity contribution in [3.05, 3.63) is 29.8 Å². The summed E-state index contributed by atoms with van der Waals surface area (Å²) in [6.45, 7) is 2.16. The van der Waals surface area contributed by atoms with Gasteiger partial charge < -0.3 is 15.2 Å². The predicted octanol–water partition coefficient (Wildman–Crippen LogP) is 1.93. The van der Waals surface area contributed by atoms with Gasteiger partial charge in [0, 0.05) is 6.54 Å². The summed E-state index contributed by atoms with van der Waals surface area (Å²) in [5.74, 6) is 0.414. The van der Waals surface area contributed by atoms with Crippen molar-refractivity contribution < 1.29 is 14.6 Å². The monoisotopic (exact) mass is 302 g/mol. The van der Waals surface area contributed by atoms with Crippen molar-refractivity contribution in [1.29, 1.82) is 5.26 Å². The largest absolute Gasteiger partial charge is 0.491 e. The van der Waals surface area contributed by atoms with Crippen LogP contribution in [0.4, 0.5) is 0 Å². The van der Waals surface area contributed by atoms with Crippen LogP contribution in [-0.4, -0.2) is 30.3 Å². The van der Waals surface area contributed by atoms with E-state index in [0.717, 1.165) is 18.4 Å². The highest BCUT2D eigenvalue weighted by Gasteiger charge is 2.41. The molecule has 1 aliphatic carbocycles. The zero-order valence-corrected chi connectivity index (χ0v) is 12.8. The lowest BCUT2D eigenvalue weighted by Crippen LogP contribution is -2.43. The molecule has 0 unspecified atom stereocenters. The van der Waals surface area contributed by atoms with E-state index in [1.165, 1.54) is 0 Å². The van der Waals surface area contributed by atoms with E-state index in [1.54, 1.807) is 0 Å². The summed E-state index contributed by atoms with van der Waals surface area (Å²) in [7, 11) is 0. The molecule has 2 rings (SSSR count). The van der Waals surface area contributed by atoms with Crippen molar-refractivity contribution in [2.45, 2.75) is 38.7 Å². The number of amides is 1. The number of nitriles is 1. The van der Waals surface area contributed by atoms with Gasteiger partial charge in [-0.3, -0.25) is 4.79 Å². The molecule has 1 aliphatic rings. The molecule has 0 spiro atoms. The fraction of sp³-hybridized carbons (Fsp3) is 0.529. The molecule has 2 N–H and O–H groups in total. The van der Waals surface area contributed by atoms with Crippen molar-refractivity contribution in [3.63, 3.8) is 0 Å². The third-order valence-corrected chi connectivity index (χ3v) is 4.04. The van der Waals surface area contributed by atoms with E-state index in [9.17, 15) is 15.2 Å². The Morgan fingerprint density at radius 3 is 2.86 bits per heavy atom. The van der Waals surface area contributed by atoms with Gasteiger partial charge in [0.2, 0.25) is 5.91 Å². The molecular formula is C17H22N2O3. The Morgan fingerprint density at radius 1 is 1.50 bits per heavy atom. The summed E-state index contributed by atoms with van der Waals surface area (Å²) in [5.41, 5.74) is 0.175. The van der Waals surface area contributed by atoms with Gasteiger partial charge in [-0.1, -0.05) is 25.0 Å². The molecule has 5 nitrogen and oxygen atoms in total. The summed E-state index contributed by atoms with van der Waals surface area (Å²) in [5, 5.41) is 21.8. The summed E-state index contributed by atoms with van der Waals surface area (Å²) >= 11 is 0. The summed E-state index contributed by atoms with van der Waals surface area (Å²) in [4.78, 5) is 12.1. The highest BCUT2D eigenvalue weighted by Crippen LogP contribution is 2.37. The van der Waals surface area contributed by atoms with Gasteiger partial charge in [0.15, 0.2) is 0 Å². The molecular weight excluding hydrogens is 280 g/mol. The number of benzene rings is 1. The third-order valence-electron chi connectivity index (χ3n) is 4.04. The Balaban J connectivity index is 1.77. The van der Waals surface area contributed by atoms with E-state index in [-0.39, 0.29) is 19.1 Å². The number of hydrogen-bond donors (Lipinski definition) is 2. The fourth-order valence-corrected chi connectivity index (χ4v) is 2.70. The molecule has 5 heteroatoms. The van der Waals surface area contributed by atoms with Crippen LogP contribution in [0.2, 0.25) is 0 Å². The van der Waals surface area contributed by atoms with Crippen LogP contribution in [0.1, 0.15) is 31.2 Å². The van der Waals surface area contributed by atoms with Crippen molar-refractivity contribution in [2.24, 2.45) is 5.41 Å². The van der Waals surface area contributed by atoms with Gasteiger partial charge in [-0.25, -0.2) is 0 Å². The number of carbonyl (C=O) groups excluding carboxylic acids is 1. The molecule has 0 bridgehead atoms. The molecule has 0 aromatic heterocycles. The van der Waals surface area contributed by atoms with Gasteiger partial charge in [-0.15, -0.1) is 0 Å². The lowest BCUT2D eigenvalue weighted by Gasteiger charge is -2.20. The first kappa shape index (κ1) is 16.3. The standard InChI is InChI=1S/C17H22N2O3/c1-13-5-4-6-15(9-13)22-11-14(20)10-19-16(21)17(12-18)7-2-3-8-17/h4-6,9,14,20H,2-3,7-8,10-11H2,1H3,(H,19,21)/t14-/m1/s1. The second-order valence-electron chi connectivity index (χ2n) is 5.89. The van der Waals surface area contributed by atoms with Crippen LogP contribution in [0.15, 0.2) is 24.3 Å². The van der Waals surface area contributed by atoms with E-state index in [2.05, 4.69) is 11.4 Å². The molecule has 118 valence electrons. The normalized spacial score (nSPS) is 17.5. The Morgan fingerprint density at radius 2 is 2.23 bits per heavy atom. The molecule has 1 fully saturated rings. The number of nitrogens with one attached hydrogen (secondary N) is 1. The van der Waals surface area contributed by atoms with Crippen LogP contribution < -0.4 is 10.1 Å². The Hall–Kier alpha value is -2.06. The molecule has 1 aromatic rings. The minimum absolute atomic E-state index is 0.0913. The Bertz CT molecular complexity index is 559. The number of aryl methyl sites for hydroxylation is 1. The van der Waals surface area contributed by atoms with Crippen LogP contribution >= 0.6 is 0 Å². The number of aliphatic hydroxyl groups is 1. The van der Waals surface area contributed by atoms with Crippen molar-refractivity contribution >= 4 is 5.91 Å². The summed E-state index contributed by atoms with van der Waals surface area (Å²) < 4.78 is 5.49. The van der Waals surface area contributed by atoms with E-state index >= 15 is 0 Å². The molecule has 0 heterocycles. The highest BCUT2D eigenvalue weighted by atomic mass is 16.5. The number of hydrogen-bond acceptors (Lipinski definition) is 4. The molecule has 0 radical (unpaired) electrons. The molecule has 0 aliphatic heterocycles. The van der Waals surface area contributed by atoms with Gasteiger partial charge in [-0.2, -0.15) is 5.26 Å². The smallest absolute Gasteiger partial charge is 0.240 e. The fourth-order valence-electron chi connectivity index (χ4n) is 2.70. The minimum Gasteiger partial charge on any atom is -0.491 e. The minimum atomic E-state index is -0.906. The van der Waals surface area contributed by atoms with Gasteiger partial charge >= 0.3 is 0 Å². The van der Waals surface area contributed by atoms with Crippen LogP contribution in [0.3, 0.4) is 0 Å². The molecule has 22 heavy (non-hydrogen) atoms. The highest BCUT2D eigenvalue weighted by molar-refractivity contribution is 5.85. The maximum atomic E-state index is 12.1. The van der Waals surface area contributed by atoms with E-state index in [4.69, 9.17) is 4.74 Å². The van der Waals surface area contributed by atoms with Crippen LogP contribution in [0.5, 0.6) is 5.75 Å². The topological polar surface area (TPSA) is 82.3 Å². The Labute approximate surface area is 130 Å². The maximum absolute atomic E-state index is 12.1. The number of ether oxygens (including phenoxy) is 1. The third kappa shape index (κ3) is 3.99. The average molecular weight is 302 g/mol. The average Bonchev–Trinajstić information content (AvgIpc) is 3.01. The van der Waals surface area contributed by atoms with Crippen LogP contribution in [0, 0.1) is 23.7 Å². The SMILES string of the molecule is Cc1cccc(OC[C@H](O)CNC(=O)C2(C#N)CCCC2)c1. The van der Waals surface area contributed by atoms with E-state index < -0.39 is 11.5 Å². The first-order valence-electron chi connectivity index (χ1n) is 7.63. The lowest BCUT2D eigenvalue weighted by atomic mass is 9.87. The molecule has 1 aromatic carbocycles. The second kappa shape index (κ2) is 7.28. The quantitative estimate of drug-likeness (QED) is 0.841. The molecule has 1 amide bonds. The second-order valence-corrected chi connectivity index (χ2v) is 5.89. The number of rotatable bonds is 6. The number of nitrogens with zero attached hydrogens (tertiary/aromatic N) is 1. The van der Waals surface area contributed by atoms with E-state index in [1.807, 2.05) is 31.2 Å². The van der Waals surface area contributed by atoms with Gasteiger partial charge in [0.05, 0.1) is 6.07 Å². The van der Waals surface area contributed by atoms with E-state index in [0.29, 0.717) is 18.6 Å². The zero-order valence-electron chi connectivity index (χ0n) is 12.8. The first-order chi connectivity index (χ1) is 10.6. The van der Waals surface area contributed by atoms with Gasteiger partial charge in [0.25, 0.3) is 0 Å². The Kier molecular flexibility index (Phi) is 5.40. The first-order valence-corrected chi connectivity index (χ1v) is 7.63. The zero-order chi connectivity index (χ0) is 16.0. The van der Waals surface area contributed by atoms with Gasteiger partial charge in [0.1, 0.15) is 23.9 Å². The van der Waals surface area contributed by atoms with Crippen LogP contribution in [0.25, 0.3) is 0 Å². The van der Waals surface area contributed by atoms with Crippen molar-refractivity contribution in [1.82, 2.24) is 5.32 Å². The number of aliphatic hydroxyl groups excluding tert-OH is 1. The molecule has 1 saturated carbocycles.